The van der Waals surface area contributed by atoms with Crippen LogP contribution in [0.1, 0.15) is 39.5 Å². The summed E-state index contributed by atoms with van der Waals surface area (Å²) in [6.07, 6.45) is 3.33. The predicted molar refractivity (Wildman–Crippen MR) is 81.8 cm³/mol. The van der Waals surface area contributed by atoms with Crippen molar-refractivity contribution in [1.29, 1.82) is 0 Å². The van der Waals surface area contributed by atoms with E-state index in [1.165, 1.54) is 0 Å². The third-order valence-corrected chi connectivity index (χ3v) is 3.61. The van der Waals surface area contributed by atoms with Crippen LogP contribution in [0.2, 0.25) is 0 Å². The number of nitrogens with zero attached hydrogens (tertiary/aromatic N) is 4. The van der Waals surface area contributed by atoms with Crippen LogP contribution >= 0.6 is 0 Å². The van der Waals surface area contributed by atoms with Gasteiger partial charge in [0, 0.05) is 20.1 Å². The maximum absolute atomic E-state index is 10.2. The lowest BCUT2D eigenvalue weighted by molar-refractivity contribution is 0.0481. The minimum Gasteiger partial charge on any atom is -0.463 e. The average Bonchev–Trinajstić information content (AvgIpc) is 2.65. The molecule has 1 aromatic rings. The van der Waals surface area contributed by atoms with E-state index in [1.807, 2.05) is 13.8 Å². The molecule has 1 fully saturated rings. The molecule has 0 bridgehead atoms. The van der Waals surface area contributed by atoms with Gasteiger partial charge in [-0.15, -0.1) is 0 Å². The van der Waals surface area contributed by atoms with Crippen LogP contribution in [-0.2, 0) is 0 Å². The molecule has 2 heterocycles. The summed E-state index contributed by atoms with van der Waals surface area (Å²) in [5.41, 5.74) is -0.602. The largest absolute Gasteiger partial charge is 0.463 e. The summed E-state index contributed by atoms with van der Waals surface area (Å²) < 4.78 is 5.52. The summed E-state index contributed by atoms with van der Waals surface area (Å²) in [5.74, 6) is 1.11. The molecule has 1 aromatic heterocycles. The first-order valence-corrected chi connectivity index (χ1v) is 7.58. The molecule has 1 saturated heterocycles. The van der Waals surface area contributed by atoms with E-state index in [1.54, 1.807) is 7.05 Å². The third-order valence-electron chi connectivity index (χ3n) is 3.61. The van der Waals surface area contributed by atoms with Crippen LogP contribution in [0.5, 0.6) is 6.01 Å². The van der Waals surface area contributed by atoms with E-state index in [0.717, 1.165) is 32.4 Å². The second-order valence-electron chi connectivity index (χ2n) is 5.68. The molecule has 1 unspecified atom stereocenters. The molecule has 1 aliphatic heterocycles. The average molecular weight is 295 g/mol. The molecule has 1 atom stereocenters. The van der Waals surface area contributed by atoms with Gasteiger partial charge in [-0.1, -0.05) is 6.92 Å². The SMILES string of the molecule is CCCOc1nc(NC)nc(N2CCCC(C)(O)CC2)n1. The lowest BCUT2D eigenvalue weighted by Gasteiger charge is -2.22. The zero-order valence-corrected chi connectivity index (χ0v) is 13.1. The van der Waals surface area contributed by atoms with Crippen molar-refractivity contribution in [1.82, 2.24) is 15.0 Å². The monoisotopic (exact) mass is 295 g/mol. The molecule has 118 valence electrons. The molecule has 0 aliphatic carbocycles. The first kappa shape index (κ1) is 15.8. The Morgan fingerprint density at radius 1 is 1.29 bits per heavy atom. The Morgan fingerprint density at radius 3 is 2.81 bits per heavy atom. The lowest BCUT2D eigenvalue weighted by atomic mass is 9.98. The number of anilines is 2. The molecular formula is C14H25N5O2. The van der Waals surface area contributed by atoms with Crippen molar-refractivity contribution in [3.05, 3.63) is 0 Å². The topological polar surface area (TPSA) is 83.4 Å². The van der Waals surface area contributed by atoms with Crippen molar-refractivity contribution in [2.24, 2.45) is 0 Å². The summed E-state index contributed by atoms with van der Waals surface area (Å²) in [4.78, 5) is 15.1. The third kappa shape index (κ3) is 4.42. The number of aliphatic hydroxyl groups is 1. The number of ether oxygens (including phenoxy) is 1. The molecular weight excluding hydrogens is 270 g/mol. The van der Waals surface area contributed by atoms with Crippen LogP contribution in [0.15, 0.2) is 0 Å². The van der Waals surface area contributed by atoms with Gasteiger partial charge in [0.25, 0.3) is 0 Å². The summed E-state index contributed by atoms with van der Waals surface area (Å²) in [6.45, 7) is 6.07. The Morgan fingerprint density at radius 2 is 2.10 bits per heavy atom. The van der Waals surface area contributed by atoms with Gasteiger partial charge in [-0.3, -0.25) is 0 Å². The van der Waals surface area contributed by atoms with Gasteiger partial charge >= 0.3 is 6.01 Å². The van der Waals surface area contributed by atoms with E-state index >= 15 is 0 Å². The molecule has 7 heteroatoms. The minimum atomic E-state index is -0.602. The fourth-order valence-corrected chi connectivity index (χ4v) is 2.32. The highest BCUT2D eigenvalue weighted by Gasteiger charge is 2.26. The van der Waals surface area contributed by atoms with E-state index < -0.39 is 5.60 Å². The maximum atomic E-state index is 10.2. The molecule has 2 rings (SSSR count). The van der Waals surface area contributed by atoms with E-state index in [0.29, 0.717) is 30.9 Å². The van der Waals surface area contributed by atoms with Crippen molar-refractivity contribution in [2.75, 3.05) is 37.0 Å². The van der Waals surface area contributed by atoms with Crippen molar-refractivity contribution in [2.45, 2.75) is 45.1 Å². The molecule has 1 aliphatic rings. The van der Waals surface area contributed by atoms with Crippen LogP contribution < -0.4 is 15.0 Å². The van der Waals surface area contributed by atoms with E-state index in [4.69, 9.17) is 4.74 Å². The first-order chi connectivity index (χ1) is 10.0. The lowest BCUT2D eigenvalue weighted by Crippen LogP contribution is -2.29. The minimum absolute atomic E-state index is 0.349. The van der Waals surface area contributed by atoms with Crippen LogP contribution in [0.4, 0.5) is 11.9 Å². The fourth-order valence-electron chi connectivity index (χ4n) is 2.32. The standard InChI is InChI=1S/C14H25N5O2/c1-4-10-21-13-17-11(15-3)16-12(18-13)19-8-5-6-14(2,20)7-9-19/h20H,4-10H2,1-3H3,(H,15,16,17,18). The highest BCUT2D eigenvalue weighted by atomic mass is 16.5. The zero-order valence-electron chi connectivity index (χ0n) is 13.1. The second-order valence-corrected chi connectivity index (χ2v) is 5.68. The quantitative estimate of drug-likeness (QED) is 0.850. The molecule has 21 heavy (non-hydrogen) atoms. The molecule has 2 N–H and O–H groups in total. The molecule has 0 saturated carbocycles. The van der Waals surface area contributed by atoms with Crippen LogP contribution in [0.3, 0.4) is 0 Å². The van der Waals surface area contributed by atoms with E-state index in [2.05, 4.69) is 25.2 Å². The van der Waals surface area contributed by atoms with Crippen molar-refractivity contribution >= 4 is 11.9 Å². The normalized spacial score (nSPS) is 22.8. The number of hydrogen-bond acceptors (Lipinski definition) is 7. The fraction of sp³-hybridized carbons (Fsp3) is 0.786. The van der Waals surface area contributed by atoms with Gasteiger partial charge in [-0.05, 0) is 32.6 Å². The molecule has 7 nitrogen and oxygen atoms in total. The van der Waals surface area contributed by atoms with Gasteiger partial charge in [0.1, 0.15) is 0 Å². The first-order valence-electron chi connectivity index (χ1n) is 7.58. The summed E-state index contributed by atoms with van der Waals surface area (Å²) >= 11 is 0. The van der Waals surface area contributed by atoms with Gasteiger partial charge < -0.3 is 20.1 Å². The smallest absolute Gasteiger partial charge is 0.323 e. The van der Waals surface area contributed by atoms with E-state index in [-0.39, 0.29) is 0 Å². The molecule has 0 amide bonds. The summed E-state index contributed by atoms with van der Waals surface area (Å²) in [7, 11) is 1.77. The number of aromatic nitrogens is 3. The van der Waals surface area contributed by atoms with Crippen molar-refractivity contribution in [3.63, 3.8) is 0 Å². The summed E-state index contributed by atoms with van der Waals surface area (Å²) in [6, 6.07) is 0.349. The maximum Gasteiger partial charge on any atom is 0.323 e. The number of hydrogen-bond donors (Lipinski definition) is 2. The highest BCUT2D eigenvalue weighted by Crippen LogP contribution is 2.24. The Hall–Kier alpha value is -1.63. The van der Waals surface area contributed by atoms with Crippen LogP contribution in [-0.4, -0.2) is 52.4 Å². The molecule has 0 aromatic carbocycles. The molecule has 0 radical (unpaired) electrons. The van der Waals surface area contributed by atoms with Crippen molar-refractivity contribution < 1.29 is 9.84 Å². The Bertz CT molecular complexity index is 467. The second kappa shape index (κ2) is 6.89. The zero-order chi connectivity index (χ0) is 15.3. The highest BCUT2D eigenvalue weighted by molar-refractivity contribution is 5.38. The number of rotatable bonds is 5. The van der Waals surface area contributed by atoms with Crippen molar-refractivity contribution in [3.8, 4) is 6.01 Å². The Labute approximate surface area is 125 Å². The van der Waals surface area contributed by atoms with Gasteiger partial charge in [0.05, 0.1) is 12.2 Å². The predicted octanol–water partition coefficient (Wildman–Crippen LogP) is 1.44. The Kier molecular flexibility index (Phi) is 5.17. The van der Waals surface area contributed by atoms with Gasteiger partial charge in [0.15, 0.2) is 0 Å². The number of nitrogens with one attached hydrogen (secondary N) is 1. The van der Waals surface area contributed by atoms with Crippen LogP contribution in [0.25, 0.3) is 0 Å². The summed E-state index contributed by atoms with van der Waals surface area (Å²) in [5, 5.41) is 13.1. The van der Waals surface area contributed by atoms with Gasteiger partial charge in [-0.25, -0.2) is 0 Å². The van der Waals surface area contributed by atoms with Gasteiger partial charge in [0.2, 0.25) is 11.9 Å². The molecule has 0 spiro atoms. The van der Waals surface area contributed by atoms with Gasteiger partial charge in [-0.2, -0.15) is 15.0 Å². The Balaban J connectivity index is 2.17. The van der Waals surface area contributed by atoms with Crippen LogP contribution in [0, 0.1) is 0 Å². The van der Waals surface area contributed by atoms with E-state index in [9.17, 15) is 5.11 Å².